The molecule has 0 radical (unpaired) electrons. The van der Waals surface area contributed by atoms with Crippen molar-refractivity contribution in [3.05, 3.63) is 27.1 Å². The summed E-state index contributed by atoms with van der Waals surface area (Å²) in [6, 6.07) is 3.08. The van der Waals surface area contributed by atoms with Crippen LogP contribution < -0.4 is 0 Å². The number of nitrogens with zero attached hydrogens (tertiary/aromatic N) is 2. The van der Waals surface area contributed by atoms with E-state index in [9.17, 15) is 10.0 Å². The average Bonchev–Trinajstić information content (AvgIpc) is 2.39. The Labute approximate surface area is 95.0 Å². The molecule has 0 fully saturated rings. The summed E-state index contributed by atoms with van der Waals surface area (Å²) in [7, 11) is 1.59. The van der Waals surface area contributed by atoms with E-state index >= 15 is 0 Å². The molecule has 15 heavy (non-hydrogen) atoms. The van der Waals surface area contributed by atoms with Crippen LogP contribution in [-0.4, -0.2) is 9.67 Å². The van der Waals surface area contributed by atoms with Crippen LogP contribution in [0.3, 0.4) is 0 Å². The molecule has 0 aliphatic heterocycles. The largest absolute Gasteiger partial charge is 0.493 e. The first-order valence-electron chi connectivity index (χ1n) is 4.06. The summed E-state index contributed by atoms with van der Waals surface area (Å²) in [5.41, 5.74) is 0.491. The van der Waals surface area contributed by atoms with Crippen LogP contribution in [0.2, 0.25) is 10.0 Å². The van der Waals surface area contributed by atoms with Gasteiger partial charge in [0.05, 0.1) is 10.5 Å². The quantitative estimate of drug-likeness (QED) is 0.780. The minimum atomic E-state index is -0.218. The molecule has 4 nitrogen and oxygen atoms in total. The molecule has 0 bridgehead atoms. The average molecular weight is 245 g/mol. The van der Waals surface area contributed by atoms with Gasteiger partial charge in [0.15, 0.2) is 5.69 Å². The summed E-state index contributed by atoms with van der Waals surface area (Å²) in [6.45, 7) is 0. The Morgan fingerprint density at radius 2 is 2.07 bits per heavy atom. The molecule has 0 saturated heterocycles. The highest BCUT2D eigenvalue weighted by molar-refractivity contribution is 6.39. The molecule has 0 atom stereocenters. The molecular weight excluding hydrogens is 239 g/mol. The Bertz CT molecular complexity index is 563. The SMILES string of the molecule is Cn1c(O)c(N=O)c2cc(Cl)cc(Cl)c21. The standard InChI is InChI=1S/C9H6Cl2N2O2/c1-13-8-5(7(12-15)9(13)14)2-4(10)3-6(8)11/h2-3,14H,1H3. The Kier molecular flexibility index (Phi) is 2.32. The predicted octanol–water partition coefficient (Wildman–Crippen LogP) is 3.59. The third-order valence-corrected chi connectivity index (χ3v) is 2.75. The molecule has 2 aromatic rings. The monoisotopic (exact) mass is 244 g/mol. The number of hydrogen-bond acceptors (Lipinski definition) is 3. The maximum Gasteiger partial charge on any atom is 0.222 e. The molecule has 0 saturated carbocycles. The van der Waals surface area contributed by atoms with Gasteiger partial charge in [0.1, 0.15) is 0 Å². The number of hydrogen-bond donors (Lipinski definition) is 1. The van der Waals surface area contributed by atoms with E-state index in [0.29, 0.717) is 20.9 Å². The first-order chi connectivity index (χ1) is 7.06. The Morgan fingerprint density at radius 1 is 1.40 bits per heavy atom. The Hall–Kier alpha value is -1.26. The van der Waals surface area contributed by atoms with Crippen molar-refractivity contribution < 1.29 is 5.11 Å². The Morgan fingerprint density at radius 3 is 2.67 bits per heavy atom. The number of rotatable bonds is 1. The molecule has 0 aliphatic carbocycles. The normalized spacial score (nSPS) is 10.9. The van der Waals surface area contributed by atoms with Gasteiger partial charge in [0.2, 0.25) is 5.88 Å². The fourth-order valence-electron chi connectivity index (χ4n) is 1.56. The van der Waals surface area contributed by atoms with Crippen LogP contribution in [0.15, 0.2) is 17.3 Å². The fraction of sp³-hybridized carbons (Fsp3) is 0.111. The summed E-state index contributed by atoms with van der Waals surface area (Å²) < 4.78 is 1.39. The summed E-state index contributed by atoms with van der Waals surface area (Å²) >= 11 is 11.7. The van der Waals surface area contributed by atoms with Crippen LogP contribution >= 0.6 is 23.2 Å². The van der Waals surface area contributed by atoms with Gasteiger partial charge in [-0.05, 0) is 17.3 Å². The van der Waals surface area contributed by atoms with Crippen LogP contribution in [0, 0.1) is 4.91 Å². The highest BCUT2D eigenvalue weighted by atomic mass is 35.5. The van der Waals surface area contributed by atoms with Crippen molar-refractivity contribution in [2.75, 3.05) is 0 Å². The topological polar surface area (TPSA) is 54.6 Å². The maximum absolute atomic E-state index is 10.6. The maximum atomic E-state index is 10.6. The third kappa shape index (κ3) is 1.37. The van der Waals surface area contributed by atoms with Gasteiger partial charge in [0, 0.05) is 17.5 Å². The van der Waals surface area contributed by atoms with E-state index in [2.05, 4.69) is 5.18 Å². The number of halogens is 2. The summed E-state index contributed by atoms with van der Waals surface area (Å²) in [5, 5.41) is 13.6. The van der Waals surface area contributed by atoms with Crippen LogP contribution in [-0.2, 0) is 7.05 Å². The predicted molar refractivity (Wildman–Crippen MR) is 60.1 cm³/mol. The number of aromatic hydroxyl groups is 1. The number of fused-ring (bicyclic) bond motifs is 1. The lowest BCUT2D eigenvalue weighted by atomic mass is 10.2. The Balaban J connectivity index is 3.03. The molecule has 6 heteroatoms. The number of aryl methyl sites for hydroxylation is 1. The van der Waals surface area contributed by atoms with E-state index in [1.54, 1.807) is 19.2 Å². The molecule has 78 valence electrons. The lowest BCUT2D eigenvalue weighted by Gasteiger charge is -1.99. The molecule has 0 spiro atoms. The number of benzene rings is 1. The molecule has 2 rings (SSSR count). The molecule has 0 amide bonds. The number of nitroso groups, excluding NO2 is 1. The third-order valence-electron chi connectivity index (χ3n) is 2.24. The zero-order valence-electron chi connectivity index (χ0n) is 7.66. The van der Waals surface area contributed by atoms with Crippen molar-refractivity contribution in [1.82, 2.24) is 4.57 Å². The zero-order chi connectivity index (χ0) is 11.2. The molecule has 1 heterocycles. The summed E-state index contributed by atoms with van der Waals surface area (Å²) in [4.78, 5) is 10.6. The second-order valence-electron chi connectivity index (χ2n) is 3.11. The lowest BCUT2D eigenvalue weighted by Crippen LogP contribution is -1.86. The van der Waals surface area contributed by atoms with Crippen molar-refractivity contribution >= 4 is 39.8 Å². The van der Waals surface area contributed by atoms with Crippen molar-refractivity contribution in [2.24, 2.45) is 12.2 Å². The van der Waals surface area contributed by atoms with Crippen molar-refractivity contribution in [2.45, 2.75) is 0 Å². The highest BCUT2D eigenvalue weighted by Crippen LogP contribution is 2.41. The second-order valence-corrected chi connectivity index (χ2v) is 3.95. The fourth-order valence-corrected chi connectivity index (χ4v) is 2.18. The smallest absolute Gasteiger partial charge is 0.222 e. The van der Waals surface area contributed by atoms with E-state index in [1.807, 2.05) is 0 Å². The minimum absolute atomic E-state index is 0.0445. The zero-order valence-corrected chi connectivity index (χ0v) is 9.17. The molecule has 1 aromatic heterocycles. The van der Waals surface area contributed by atoms with Gasteiger partial charge in [-0.15, -0.1) is 4.91 Å². The van der Waals surface area contributed by atoms with Crippen molar-refractivity contribution in [3.8, 4) is 5.88 Å². The highest BCUT2D eigenvalue weighted by Gasteiger charge is 2.17. The molecule has 0 unspecified atom stereocenters. The molecular formula is C9H6Cl2N2O2. The van der Waals surface area contributed by atoms with Gasteiger partial charge in [-0.3, -0.25) is 0 Å². The molecule has 1 N–H and O–H groups in total. The van der Waals surface area contributed by atoms with Crippen molar-refractivity contribution in [3.63, 3.8) is 0 Å². The second kappa shape index (κ2) is 3.40. The van der Waals surface area contributed by atoms with Crippen molar-refractivity contribution in [1.29, 1.82) is 0 Å². The first kappa shape index (κ1) is 10.3. The van der Waals surface area contributed by atoms with E-state index in [0.717, 1.165) is 0 Å². The summed E-state index contributed by atoms with van der Waals surface area (Å²) in [6.07, 6.45) is 0. The van der Waals surface area contributed by atoms with Gasteiger partial charge in [-0.2, -0.15) is 0 Å². The summed E-state index contributed by atoms with van der Waals surface area (Å²) in [5.74, 6) is -0.218. The van der Waals surface area contributed by atoms with E-state index in [1.165, 1.54) is 4.57 Å². The van der Waals surface area contributed by atoms with Gasteiger partial charge in [-0.25, -0.2) is 0 Å². The lowest BCUT2D eigenvalue weighted by molar-refractivity contribution is 0.437. The minimum Gasteiger partial charge on any atom is -0.493 e. The van der Waals surface area contributed by atoms with Crippen LogP contribution in [0.5, 0.6) is 5.88 Å². The van der Waals surface area contributed by atoms with Crippen LogP contribution in [0.25, 0.3) is 10.9 Å². The van der Waals surface area contributed by atoms with Crippen LogP contribution in [0.4, 0.5) is 5.69 Å². The molecule has 0 aliphatic rings. The van der Waals surface area contributed by atoms with Gasteiger partial charge in [-0.1, -0.05) is 23.2 Å². The van der Waals surface area contributed by atoms with Gasteiger partial charge in [0.25, 0.3) is 0 Å². The molecule has 1 aromatic carbocycles. The van der Waals surface area contributed by atoms with E-state index in [-0.39, 0.29) is 11.6 Å². The van der Waals surface area contributed by atoms with Gasteiger partial charge >= 0.3 is 0 Å². The van der Waals surface area contributed by atoms with Crippen LogP contribution in [0.1, 0.15) is 0 Å². The van der Waals surface area contributed by atoms with E-state index < -0.39 is 0 Å². The first-order valence-corrected chi connectivity index (χ1v) is 4.81. The van der Waals surface area contributed by atoms with E-state index in [4.69, 9.17) is 23.2 Å². The van der Waals surface area contributed by atoms with Gasteiger partial charge < -0.3 is 9.67 Å². The number of aromatic nitrogens is 1.